The normalized spacial score (nSPS) is 12.4. The molecule has 0 spiro atoms. The molecule has 0 radical (unpaired) electrons. The van der Waals surface area contributed by atoms with Gasteiger partial charge in [0, 0.05) is 25.2 Å². The molecule has 1 unspecified atom stereocenters. The van der Waals surface area contributed by atoms with Crippen molar-refractivity contribution in [3.63, 3.8) is 0 Å². The molecule has 2 aromatic rings. The maximum Gasteiger partial charge on any atom is 0.213 e. The first-order valence-corrected chi connectivity index (χ1v) is 5.78. The Bertz CT molecular complexity index is 537. The first-order chi connectivity index (χ1) is 8.60. The minimum Gasteiger partial charge on any atom is -0.481 e. The molecule has 1 atom stereocenters. The molecule has 96 valence electrons. The molecule has 1 N–H and O–H groups in total. The summed E-state index contributed by atoms with van der Waals surface area (Å²) >= 11 is 0. The summed E-state index contributed by atoms with van der Waals surface area (Å²) in [6.07, 6.45) is -0.174. The van der Waals surface area contributed by atoms with E-state index in [4.69, 9.17) is 4.74 Å². The summed E-state index contributed by atoms with van der Waals surface area (Å²) in [5, 5.41) is 14.4. The van der Waals surface area contributed by atoms with Crippen molar-refractivity contribution in [2.75, 3.05) is 7.11 Å². The lowest BCUT2D eigenvalue weighted by Gasteiger charge is -2.11. The minimum atomic E-state index is -0.658. The minimum absolute atomic E-state index is 0.484. The summed E-state index contributed by atoms with van der Waals surface area (Å²) in [5.41, 5.74) is 2.52. The number of hydrogen-bond donors (Lipinski definition) is 1. The fourth-order valence-electron chi connectivity index (χ4n) is 1.89. The molecule has 0 aliphatic carbocycles. The highest BCUT2D eigenvalue weighted by atomic mass is 16.5. The lowest BCUT2D eigenvalue weighted by atomic mass is 10.1. The Hall–Kier alpha value is -1.88. The Kier molecular flexibility index (Phi) is 3.62. The summed E-state index contributed by atoms with van der Waals surface area (Å²) in [7, 11) is 3.43. The molecule has 0 amide bonds. The average Bonchev–Trinajstić information content (AvgIpc) is 2.68. The summed E-state index contributed by atoms with van der Waals surface area (Å²) in [5.74, 6) is 0.507. The third-order valence-corrected chi connectivity index (χ3v) is 2.80. The molecular weight excluding hydrogens is 230 g/mol. The fraction of sp³-hybridized carbons (Fsp3) is 0.385. The van der Waals surface area contributed by atoms with Crippen molar-refractivity contribution >= 4 is 0 Å². The van der Waals surface area contributed by atoms with Gasteiger partial charge in [-0.05, 0) is 19.1 Å². The molecule has 5 heteroatoms. The van der Waals surface area contributed by atoms with Gasteiger partial charge in [0.25, 0.3) is 0 Å². The first-order valence-electron chi connectivity index (χ1n) is 5.78. The molecular formula is C13H17N3O2. The second-order valence-electron chi connectivity index (χ2n) is 4.23. The van der Waals surface area contributed by atoms with E-state index in [1.54, 1.807) is 23.9 Å². The molecule has 18 heavy (non-hydrogen) atoms. The number of aromatic nitrogens is 3. The van der Waals surface area contributed by atoms with Crippen LogP contribution in [0.15, 0.2) is 24.3 Å². The van der Waals surface area contributed by atoms with Crippen LogP contribution in [-0.2, 0) is 13.5 Å². The number of aliphatic hydroxyl groups is 1. The number of ether oxygens (including phenoxy) is 1. The van der Waals surface area contributed by atoms with Gasteiger partial charge in [-0.1, -0.05) is 6.07 Å². The quantitative estimate of drug-likeness (QED) is 0.887. The highest BCUT2D eigenvalue weighted by Crippen LogP contribution is 2.19. The molecule has 0 fully saturated rings. The predicted molar refractivity (Wildman–Crippen MR) is 67.4 cm³/mol. The number of rotatable bonds is 4. The Balaban J connectivity index is 2.16. The number of aryl methyl sites for hydroxylation is 2. The Morgan fingerprint density at radius 1 is 1.44 bits per heavy atom. The van der Waals surface area contributed by atoms with Gasteiger partial charge in [-0.2, -0.15) is 5.10 Å². The van der Waals surface area contributed by atoms with E-state index >= 15 is 0 Å². The van der Waals surface area contributed by atoms with Crippen molar-refractivity contribution in [2.24, 2.45) is 7.05 Å². The van der Waals surface area contributed by atoms with E-state index in [2.05, 4.69) is 10.1 Å². The summed E-state index contributed by atoms with van der Waals surface area (Å²) in [4.78, 5) is 4.22. The van der Waals surface area contributed by atoms with Crippen LogP contribution in [0.25, 0.3) is 0 Å². The van der Waals surface area contributed by atoms with Crippen molar-refractivity contribution in [2.45, 2.75) is 19.4 Å². The molecule has 0 saturated carbocycles. The van der Waals surface area contributed by atoms with Crippen molar-refractivity contribution in [1.29, 1.82) is 0 Å². The van der Waals surface area contributed by atoms with Gasteiger partial charge in [-0.3, -0.25) is 4.68 Å². The van der Waals surface area contributed by atoms with E-state index in [0.717, 1.165) is 11.4 Å². The zero-order valence-electron chi connectivity index (χ0n) is 10.8. The number of aliphatic hydroxyl groups excluding tert-OH is 1. The van der Waals surface area contributed by atoms with Gasteiger partial charge < -0.3 is 9.84 Å². The van der Waals surface area contributed by atoms with Gasteiger partial charge in [0.15, 0.2) is 0 Å². The molecule has 0 bridgehead atoms. The van der Waals surface area contributed by atoms with Gasteiger partial charge in [0.2, 0.25) is 5.88 Å². The monoisotopic (exact) mass is 247 g/mol. The zero-order valence-corrected chi connectivity index (χ0v) is 10.8. The van der Waals surface area contributed by atoms with Gasteiger partial charge >= 0.3 is 0 Å². The van der Waals surface area contributed by atoms with Crippen LogP contribution < -0.4 is 4.74 Å². The van der Waals surface area contributed by atoms with Crippen molar-refractivity contribution < 1.29 is 9.84 Å². The molecule has 0 saturated heterocycles. The molecule has 5 nitrogen and oxygen atoms in total. The van der Waals surface area contributed by atoms with Gasteiger partial charge in [0.05, 0.1) is 18.5 Å². The second-order valence-corrected chi connectivity index (χ2v) is 4.23. The topological polar surface area (TPSA) is 60.2 Å². The van der Waals surface area contributed by atoms with Gasteiger partial charge in [0.1, 0.15) is 6.10 Å². The second kappa shape index (κ2) is 5.18. The SMILES string of the molecule is COc1cccc(C(O)Cc2cc(C)nn2C)n1. The predicted octanol–water partition coefficient (Wildman–Crippen LogP) is 1.41. The van der Waals surface area contributed by atoms with Crippen LogP contribution >= 0.6 is 0 Å². The number of pyridine rings is 1. The smallest absolute Gasteiger partial charge is 0.213 e. The third kappa shape index (κ3) is 2.68. The van der Waals surface area contributed by atoms with Crippen LogP contribution in [0.1, 0.15) is 23.2 Å². The van der Waals surface area contributed by atoms with Crippen molar-refractivity contribution in [3.05, 3.63) is 41.3 Å². The van der Waals surface area contributed by atoms with Crippen molar-refractivity contribution in [1.82, 2.24) is 14.8 Å². The standard InChI is InChI=1S/C13H17N3O2/c1-9-7-10(16(2)15-9)8-12(17)11-5-4-6-13(14-11)18-3/h4-7,12,17H,8H2,1-3H3. The van der Waals surface area contributed by atoms with Crippen LogP contribution in [-0.4, -0.2) is 27.0 Å². The number of methoxy groups -OCH3 is 1. The third-order valence-electron chi connectivity index (χ3n) is 2.80. The molecule has 2 aromatic heterocycles. The van der Waals surface area contributed by atoms with E-state index < -0.39 is 6.10 Å². The molecule has 0 aromatic carbocycles. The lowest BCUT2D eigenvalue weighted by molar-refractivity contribution is 0.170. The van der Waals surface area contributed by atoms with Gasteiger partial charge in [-0.15, -0.1) is 0 Å². The largest absolute Gasteiger partial charge is 0.481 e. The Labute approximate surface area is 106 Å². The molecule has 0 aliphatic rings. The van der Waals surface area contributed by atoms with Crippen LogP contribution in [0.2, 0.25) is 0 Å². The highest BCUT2D eigenvalue weighted by molar-refractivity contribution is 5.19. The van der Waals surface area contributed by atoms with Crippen LogP contribution in [0.4, 0.5) is 0 Å². The zero-order chi connectivity index (χ0) is 13.1. The van der Waals surface area contributed by atoms with Crippen LogP contribution in [0.3, 0.4) is 0 Å². The van der Waals surface area contributed by atoms with E-state index in [0.29, 0.717) is 18.0 Å². The first kappa shape index (κ1) is 12.6. The molecule has 2 rings (SSSR count). The van der Waals surface area contributed by atoms with Crippen LogP contribution in [0.5, 0.6) is 5.88 Å². The lowest BCUT2D eigenvalue weighted by Crippen LogP contribution is -2.08. The summed E-state index contributed by atoms with van der Waals surface area (Å²) < 4.78 is 6.82. The molecule has 2 heterocycles. The van der Waals surface area contributed by atoms with Crippen molar-refractivity contribution in [3.8, 4) is 5.88 Å². The van der Waals surface area contributed by atoms with Crippen LogP contribution in [0, 0.1) is 6.92 Å². The van der Waals surface area contributed by atoms with E-state index in [1.807, 2.05) is 26.1 Å². The van der Waals surface area contributed by atoms with E-state index in [1.165, 1.54) is 0 Å². The summed E-state index contributed by atoms with van der Waals surface area (Å²) in [6.45, 7) is 1.93. The summed E-state index contributed by atoms with van der Waals surface area (Å²) in [6, 6.07) is 7.32. The highest BCUT2D eigenvalue weighted by Gasteiger charge is 2.13. The Morgan fingerprint density at radius 2 is 2.22 bits per heavy atom. The maximum atomic E-state index is 10.2. The molecule has 0 aliphatic heterocycles. The average molecular weight is 247 g/mol. The van der Waals surface area contributed by atoms with E-state index in [-0.39, 0.29) is 0 Å². The maximum absolute atomic E-state index is 10.2. The van der Waals surface area contributed by atoms with E-state index in [9.17, 15) is 5.11 Å². The number of nitrogens with zero attached hydrogens (tertiary/aromatic N) is 3. The van der Waals surface area contributed by atoms with Gasteiger partial charge in [-0.25, -0.2) is 4.98 Å². The fourth-order valence-corrected chi connectivity index (χ4v) is 1.89. The number of hydrogen-bond acceptors (Lipinski definition) is 4. The Morgan fingerprint density at radius 3 is 2.83 bits per heavy atom.